The highest BCUT2D eigenvalue weighted by Gasteiger charge is 2.38. The van der Waals surface area contributed by atoms with E-state index in [2.05, 4.69) is 22.1 Å². The molecule has 1 aliphatic rings. The van der Waals surface area contributed by atoms with Gasteiger partial charge in [-0.15, -0.1) is 4.41 Å². The number of hydrogen-bond acceptors (Lipinski definition) is 7. The summed E-state index contributed by atoms with van der Waals surface area (Å²) in [5, 5.41) is 22.4. The van der Waals surface area contributed by atoms with Crippen LogP contribution in [0, 0.1) is 29.1 Å². The van der Waals surface area contributed by atoms with Gasteiger partial charge in [-0.2, -0.15) is 5.26 Å². The van der Waals surface area contributed by atoms with E-state index in [9.17, 15) is 23.5 Å². The number of nitrogens with one attached hydrogen (secondary N) is 1. The summed E-state index contributed by atoms with van der Waals surface area (Å²) in [6.07, 6.45) is 0. The van der Waals surface area contributed by atoms with Crippen LogP contribution in [0.15, 0.2) is 42.5 Å². The molecule has 3 N–H and O–H groups in total. The highest BCUT2D eigenvalue weighted by Crippen LogP contribution is 2.22. The number of methoxy groups -OCH3 is 1. The molecule has 0 aromatic heterocycles. The molecule has 1 heterocycles. The number of nitrogens with zero attached hydrogens (tertiary/aromatic N) is 4. The SMILES string of the molecule is COc1ccc(C#Cc2ccc(N3CCN(N(C(C(=O)O)C(C)C)S(=O)O)CC3)cc2)cc1C(=O)NCC#N. The van der Waals surface area contributed by atoms with Crippen molar-refractivity contribution in [2.45, 2.75) is 19.9 Å². The lowest BCUT2D eigenvalue weighted by Crippen LogP contribution is -2.60. The summed E-state index contributed by atoms with van der Waals surface area (Å²) >= 11 is -2.45. The van der Waals surface area contributed by atoms with Crippen molar-refractivity contribution in [2.75, 3.05) is 44.7 Å². The van der Waals surface area contributed by atoms with Crippen LogP contribution in [-0.2, 0) is 16.1 Å². The average molecular weight is 554 g/mol. The van der Waals surface area contributed by atoms with Crippen molar-refractivity contribution in [3.63, 3.8) is 0 Å². The zero-order valence-corrected chi connectivity index (χ0v) is 22.8. The number of hydrazine groups is 1. The summed E-state index contributed by atoms with van der Waals surface area (Å²) < 4.78 is 28.1. The molecule has 3 rings (SSSR count). The molecule has 0 aliphatic carbocycles. The number of hydrogen-bond donors (Lipinski definition) is 3. The van der Waals surface area contributed by atoms with Crippen molar-refractivity contribution in [3.05, 3.63) is 59.2 Å². The van der Waals surface area contributed by atoms with Gasteiger partial charge in [-0.3, -0.25) is 14.1 Å². The summed E-state index contributed by atoms with van der Waals surface area (Å²) in [5.41, 5.74) is 2.63. The van der Waals surface area contributed by atoms with Crippen LogP contribution < -0.4 is 15.0 Å². The fourth-order valence-corrected chi connectivity index (χ4v) is 5.12. The molecular weight excluding hydrogens is 522 g/mol. The highest BCUT2D eigenvalue weighted by molar-refractivity contribution is 7.76. The summed E-state index contributed by atoms with van der Waals surface area (Å²) in [6, 6.07) is 13.4. The van der Waals surface area contributed by atoms with Gasteiger partial charge in [0.05, 0.1) is 18.7 Å². The molecule has 0 bridgehead atoms. The number of carbonyl (C=O) groups is 2. The van der Waals surface area contributed by atoms with Gasteiger partial charge in [-0.05, 0) is 48.4 Å². The summed E-state index contributed by atoms with van der Waals surface area (Å²) in [6.45, 7) is 5.19. The Morgan fingerprint density at radius 3 is 2.26 bits per heavy atom. The van der Waals surface area contributed by atoms with Crippen molar-refractivity contribution in [1.29, 1.82) is 5.26 Å². The Bertz CT molecular complexity index is 1310. The van der Waals surface area contributed by atoms with Gasteiger partial charge in [0.25, 0.3) is 5.91 Å². The number of nitriles is 1. The molecule has 1 fully saturated rings. The van der Waals surface area contributed by atoms with Crippen molar-refractivity contribution in [3.8, 4) is 23.7 Å². The van der Waals surface area contributed by atoms with E-state index < -0.39 is 29.2 Å². The van der Waals surface area contributed by atoms with Crippen molar-refractivity contribution >= 4 is 28.8 Å². The van der Waals surface area contributed by atoms with Gasteiger partial charge in [0.2, 0.25) is 11.3 Å². The third-order valence-electron chi connectivity index (χ3n) is 6.17. The number of aliphatic carboxylic acids is 1. The van der Waals surface area contributed by atoms with E-state index in [1.165, 1.54) is 7.11 Å². The Kier molecular flexibility index (Phi) is 10.4. The number of rotatable bonds is 9. The molecule has 2 aromatic rings. The maximum atomic E-state index is 12.3. The second kappa shape index (κ2) is 13.7. The molecule has 2 unspecified atom stereocenters. The van der Waals surface area contributed by atoms with Crippen LogP contribution >= 0.6 is 0 Å². The predicted molar refractivity (Wildman–Crippen MR) is 146 cm³/mol. The topological polar surface area (TPSA) is 146 Å². The predicted octanol–water partition coefficient (Wildman–Crippen LogP) is 1.93. The van der Waals surface area contributed by atoms with E-state index in [4.69, 9.17) is 10.00 Å². The number of anilines is 1. The standard InChI is InChI=1S/C27H31N5O6S/c1-19(2)25(27(34)35)32(39(36)37)31-16-14-30(15-17-31)22-9-6-20(7-10-22)4-5-21-8-11-24(38-3)23(18-21)26(33)29-13-12-28/h6-11,18-19,25H,13-17H2,1-3H3,(H,29,33)(H,34,35)(H,36,37). The molecule has 11 nitrogen and oxygen atoms in total. The normalized spacial score (nSPS) is 15.2. The fraction of sp³-hybridized carbons (Fsp3) is 0.370. The van der Waals surface area contributed by atoms with Gasteiger partial charge in [0, 0.05) is 43.0 Å². The largest absolute Gasteiger partial charge is 0.496 e. The first kappa shape index (κ1) is 29.6. The monoisotopic (exact) mass is 553 g/mol. The summed E-state index contributed by atoms with van der Waals surface area (Å²) in [4.78, 5) is 26.2. The van der Waals surface area contributed by atoms with Crippen LogP contribution in [0.4, 0.5) is 5.69 Å². The van der Waals surface area contributed by atoms with Gasteiger partial charge in [-0.25, -0.2) is 9.22 Å². The minimum absolute atomic E-state index is 0.112. The van der Waals surface area contributed by atoms with Gasteiger partial charge < -0.3 is 20.1 Å². The maximum absolute atomic E-state index is 12.3. The number of amides is 1. The number of piperazine rings is 1. The Balaban J connectivity index is 1.68. The third-order valence-corrected chi connectivity index (χ3v) is 6.95. The Hall–Kier alpha value is -3.94. The van der Waals surface area contributed by atoms with Gasteiger partial charge in [-0.1, -0.05) is 25.7 Å². The van der Waals surface area contributed by atoms with Crippen LogP contribution in [0.5, 0.6) is 5.75 Å². The van der Waals surface area contributed by atoms with E-state index >= 15 is 0 Å². The van der Waals surface area contributed by atoms with Gasteiger partial charge in [0.1, 0.15) is 18.3 Å². The molecule has 0 radical (unpaired) electrons. The Morgan fingerprint density at radius 1 is 1.10 bits per heavy atom. The minimum atomic E-state index is -2.45. The van der Waals surface area contributed by atoms with Gasteiger partial charge in [0.15, 0.2) is 0 Å². The third kappa shape index (κ3) is 7.56. The quantitative estimate of drug-likeness (QED) is 0.241. The van der Waals surface area contributed by atoms with Crippen LogP contribution in [0.2, 0.25) is 0 Å². The lowest BCUT2D eigenvalue weighted by Gasteiger charge is -2.42. The van der Waals surface area contributed by atoms with Crippen LogP contribution in [0.3, 0.4) is 0 Å². The first-order valence-corrected chi connectivity index (χ1v) is 13.3. The smallest absolute Gasteiger partial charge is 0.323 e. The lowest BCUT2D eigenvalue weighted by molar-refractivity contribution is -0.148. The van der Waals surface area contributed by atoms with E-state index in [-0.39, 0.29) is 12.5 Å². The van der Waals surface area contributed by atoms with Crippen LogP contribution in [0.1, 0.15) is 35.3 Å². The van der Waals surface area contributed by atoms with Crippen LogP contribution in [-0.4, -0.2) is 81.0 Å². The van der Waals surface area contributed by atoms with E-state index in [1.54, 1.807) is 37.1 Å². The number of carboxylic acids is 1. The average Bonchev–Trinajstić information content (AvgIpc) is 2.93. The molecule has 12 heteroatoms. The van der Waals surface area contributed by atoms with E-state index in [0.29, 0.717) is 43.1 Å². The summed E-state index contributed by atoms with van der Waals surface area (Å²) in [5.74, 6) is 4.60. The number of ether oxygens (including phenoxy) is 1. The molecule has 1 aliphatic heterocycles. The Labute approximate surface area is 230 Å². The zero-order chi connectivity index (χ0) is 28.5. The first-order chi connectivity index (χ1) is 18.7. The molecule has 39 heavy (non-hydrogen) atoms. The minimum Gasteiger partial charge on any atom is -0.496 e. The number of benzene rings is 2. The van der Waals surface area contributed by atoms with E-state index in [1.807, 2.05) is 30.3 Å². The molecule has 206 valence electrons. The van der Waals surface area contributed by atoms with Crippen molar-refractivity contribution < 1.29 is 28.2 Å². The maximum Gasteiger partial charge on any atom is 0.323 e. The van der Waals surface area contributed by atoms with Crippen molar-refractivity contribution in [2.24, 2.45) is 5.92 Å². The molecule has 2 atom stereocenters. The van der Waals surface area contributed by atoms with Crippen LogP contribution in [0.25, 0.3) is 0 Å². The molecule has 0 spiro atoms. The fourth-order valence-electron chi connectivity index (χ4n) is 4.24. The lowest BCUT2D eigenvalue weighted by atomic mass is 10.1. The Morgan fingerprint density at radius 2 is 1.72 bits per heavy atom. The van der Waals surface area contributed by atoms with E-state index in [0.717, 1.165) is 15.7 Å². The molecule has 1 amide bonds. The first-order valence-electron chi connectivity index (χ1n) is 12.2. The second-order valence-electron chi connectivity index (χ2n) is 9.05. The second-order valence-corrected chi connectivity index (χ2v) is 9.89. The molecule has 1 saturated heterocycles. The summed E-state index contributed by atoms with van der Waals surface area (Å²) in [7, 11) is 1.46. The number of carbonyl (C=O) groups excluding carboxylic acids is 1. The highest BCUT2D eigenvalue weighted by atomic mass is 32.2. The molecule has 2 aromatic carbocycles. The molecule has 0 saturated carbocycles. The van der Waals surface area contributed by atoms with Crippen molar-refractivity contribution in [1.82, 2.24) is 14.7 Å². The molecular formula is C27H31N5O6S. The van der Waals surface area contributed by atoms with Gasteiger partial charge >= 0.3 is 5.97 Å². The number of carboxylic acid groups (broad SMARTS) is 1. The zero-order valence-electron chi connectivity index (χ0n) is 22.0.